The number of carbonyl (C=O) groups is 1. The zero-order chi connectivity index (χ0) is 24.5. The molecule has 2 aliphatic rings. The summed E-state index contributed by atoms with van der Waals surface area (Å²) in [7, 11) is 1.81. The van der Waals surface area contributed by atoms with Crippen LogP contribution in [0.15, 0.2) is 52.5 Å². The molecular weight excluding hydrogens is 453 g/mol. The van der Waals surface area contributed by atoms with Gasteiger partial charge >= 0.3 is 5.97 Å². The molecule has 0 radical (unpaired) electrons. The number of carboxylic acids is 1. The van der Waals surface area contributed by atoms with Crippen LogP contribution in [0.3, 0.4) is 0 Å². The minimum Gasteiger partial charge on any atom is -0.477 e. The largest absolute Gasteiger partial charge is 0.477 e. The molecule has 1 aliphatic heterocycles. The summed E-state index contributed by atoms with van der Waals surface area (Å²) in [6.07, 6.45) is 3.60. The van der Waals surface area contributed by atoms with E-state index >= 15 is 4.39 Å². The van der Waals surface area contributed by atoms with Crippen molar-refractivity contribution in [2.75, 3.05) is 25.0 Å². The standard InChI is InChI=1S/C25H26FN5O4/c1-27-21-13-30(10-9-20(21)29-35-14-15-5-3-2-4-6-15)24-19(26)11-17-22(32)18(25(33)34)12-31(16-7-8-16)23(17)28-24/h2-6,11-12,16,21,27H,7-10,13-14H2,1H3,(H,33,34)/b29-20+. The number of likely N-dealkylation sites (N-methyl/N-ethyl adjacent to an activating group) is 1. The van der Waals surface area contributed by atoms with Gasteiger partial charge in [0.15, 0.2) is 11.6 Å². The molecule has 1 saturated heterocycles. The van der Waals surface area contributed by atoms with E-state index < -0.39 is 17.2 Å². The molecule has 0 spiro atoms. The minimum atomic E-state index is -1.33. The van der Waals surface area contributed by atoms with E-state index in [9.17, 15) is 14.7 Å². The van der Waals surface area contributed by atoms with Gasteiger partial charge in [-0.25, -0.2) is 14.2 Å². The molecule has 35 heavy (non-hydrogen) atoms. The Hall–Kier alpha value is -3.79. The van der Waals surface area contributed by atoms with Crippen LogP contribution in [0.1, 0.15) is 41.2 Å². The Morgan fingerprint density at radius 1 is 1.31 bits per heavy atom. The number of halogens is 1. The smallest absolute Gasteiger partial charge is 0.341 e. The summed E-state index contributed by atoms with van der Waals surface area (Å²) in [5.41, 5.74) is 1.07. The Kier molecular flexibility index (Phi) is 6.21. The Balaban J connectivity index is 1.41. The second-order valence-electron chi connectivity index (χ2n) is 8.86. The number of nitrogens with zero attached hydrogens (tertiary/aromatic N) is 4. The van der Waals surface area contributed by atoms with Gasteiger partial charge in [-0.2, -0.15) is 0 Å². The lowest BCUT2D eigenvalue weighted by Crippen LogP contribution is -2.51. The first-order chi connectivity index (χ1) is 17.0. The number of hydrogen-bond donors (Lipinski definition) is 2. The normalized spacial score (nSPS) is 19.3. The van der Waals surface area contributed by atoms with Gasteiger partial charge in [-0.3, -0.25) is 4.79 Å². The number of benzene rings is 1. The number of carboxylic acid groups (broad SMARTS) is 1. The Morgan fingerprint density at radius 2 is 2.09 bits per heavy atom. The summed E-state index contributed by atoms with van der Waals surface area (Å²) in [4.78, 5) is 36.2. The van der Waals surface area contributed by atoms with Gasteiger partial charge < -0.3 is 24.7 Å². The molecule has 182 valence electrons. The third-order valence-electron chi connectivity index (χ3n) is 6.46. The zero-order valence-electron chi connectivity index (χ0n) is 19.3. The summed E-state index contributed by atoms with van der Waals surface area (Å²) in [5.74, 6) is -1.85. The second kappa shape index (κ2) is 9.46. The molecule has 1 atom stereocenters. The lowest BCUT2D eigenvalue weighted by molar-refractivity contribution is 0.0695. The first-order valence-electron chi connectivity index (χ1n) is 11.6. The van der Waals surface area contributed by atoms with Gasteiger partial charge in [0.05, 0.1) is 17.1 Å². The van der Waals surface area contributed by atoms with E-state index in [1.54, 1.807) is 4.57 Å². The van der Waals surface area contributed by atoms with Crippen LogP contribution in [-0.4, -0.2) is 52.5 Å². The van der Waals surface area contributed by atoms with E-state index in [0.717, 1.165) is 30.2 Å². The fraction of sp³-hybridized carbons (Fsp3) is 0.360. The zero-order valence-corrected chi connectivity index (χ0v) is 19.3. The van der Waals surface area contributed by atoms with Crippen LogP contribution in [0.25, 0.3) is 11.0 Å². The van der Waals surface area contributed by atoms with Crippen molar-refractivity contribution in [3.05, 3.63) is 69.8 Å². The summed E-state index contributed by atoms with van der Waals surface area (Å²) < 4.78 is 16.9. The number of oxime groups is 1. The lowest BCUT2D eigenvalue weighted by Gasteiger charge is -2.34. The molecule has 10 heteroatoms. The molecule has 9 nitrogen and oxygen atoms in total. The van der Waals surface area contributed by atoms with Crippen molar-refractivity contribution in [1.29, 1.82) is 0 Å². The van der Waals surface area contributed by atoms with Crippen LogP contribution in [0, 0.1) is 5.82 Å². The first-order valence-corrected chi connectivity index (χ1v) is 11.6. The summed E-state index contributed by atoms with van der Waals surface area (Å²) in [5, 5.41) is 16.9. The summed E-state index contributed by atoms with van der Waals surface area (Å²) in [6, 6.07) is 10.8. The Labute approximate surface area is 200 Å². The average molecular weight is 480 g/mol. The number of nitrogens with one attached hydrogen (secondary N) is 1. The van der Waals surface area contributed by atoms with Gasteiger partial charge in [0.25, 0.3) is 0 Å². The summed E-state index contributed by atoms with van der Waals surface area (Å²) in [6.45, 7) is 1.25. The molecule has 1 aromatic carbocycles. The third-order valence-corrected chi connectivity index (χ3v) is 6.46. The molecular formula is C25H26FN5O4. The van der Waals surface area contributed by atoms with Gasteiger partial charge in [-0.15, -0.1) is 0 Å². The van der Waals surface area contributed by atoms with Crippen LogP contribution in [0.5, 0.6) is 0 Å². The van der Waals surface area contributed by atoms with Crippen molar-refractivity contribution in [1.82, 2.24) is 14.9 Å². The number of piperidine rings is 1. The molecule has 5 rings (SSSR count). The van der Waals surface area contributed by atoms with E-state index in [4.69, 9.17) is 4.84 Å². The van der Waals surface area contributed by atoms with Gasteiger partial charge in [0.1, 0.15) is 17.8 Å². The molecule has 3 heterocycles. The minimum absolute atomic E-state index is 0.0169. The quantitative estimate of drug-likeness (QED) is 0.502. The molecule has 2 N–H and O–H groups in total. The van der Waals surface area contributed by atoms with Crippen molar-refractivity contribution >= 4 is 28.5 Å². The topological polar surface area (TPSA) is 109 Å². The highest BCUT2D eigenvalue weighted by Crippen LogP contribution is 2.37. The van der Waals surface area contributed by atoms with Crippen molar-refractivity contribution in [2.45, 2.75) is 38.0 Å². The average Bonchev–Trinajstić information content (AvgIpc) is 3.70. The highest BCUT2D eigenvalue weighted by atomic mass is 19.1. The number of fused-ring (bicyclic) bond motifs is 1. The number of anilines is 1. The van der Waals surface area contributed by atoms with Gasteiger partial charge in [-0.1, -0.05) is 35.5 Å². The molecule has 2 aromatic heterocycles. The fourth-order valence-corrected chi connectivity index (χ4v) is 4.41. The van der Waals surface area contributed by atoms with E-state index in [1.807, 2.05) is 42.3 Å². The van der Waals surface area contributed by atoms with E-state index in [-0.39, 0.29) is 28.9 Å². The van der Waals surface area contributed by atoms with E-state index in [1.165, 1.54) is 6.20 Å². The van der Waals surface area contributed by atoms with Gasteiger partial charge in [0, 0.05) is 31.7 Å². The van der Waals surface area contributed by atoms with E-state index in [2.05, 4.69) is 15.5 Å². The summed E-state index contributed by atoms with van der Waals surface area (Å²) >= 11 is 0. The predicted octanol–water partition coefficient (Wildman–Crippen LogP) is 2.94. The molecule has 3 aromatic rings. The van der Waals surface area contributed by atoms with Crippen LogP contribution < -0.4 is 15.6 Å². The van der Waals surface area contributed by atoms with E-state index in [0.29, 0.717) is 31.8 Å². The first kappa shape index (κ1) is 23.0. The molecule has 0 amide bonds. The van der Waals surface area contributed by atoms with Crippen LogP contribution in [0.2, 0.25) is 0 Å². The Bertz CT molecular complexity index is 1350. The molecule has 0 bridgehead atoms. The second-order valence-corrected chi connectivity index (χ2v) is 8.86. The van der Waals surface area contributed by atoms with Crippen molar-refractivity contribution in [3.63, 3.8) is 0 Å². The maximum atomic E-state index is 15.2. The maximum Gasteiger partial charge on any atom is 0.341 e. The number of rotatable bonds is 7. The highest BCUT2D eigenvalue weighted by molar-refractivity contribution is 5.93. The fourth-order valence-electron chi connectivity index (χ4n) is 4.41. The number of hydrogen-bond acceptors (Lipinski definition) is 7. The van der Waals surface area contributed by atoms with Crippen LogP contribution in [0.4, 0.5) is 10.2 Å². The van der Waals surface area contributed by atoms with Crippen LogP contribution >= 0.6 is 0 Å². The van der Waals surface area contributed by atoms with Gasteiger partial charge in [0.2, 0.25) is 5.43 Å². The molecule has 2 fully saturated rings. The molecule has 1 aliphatic carbocycles. The Morgan fingerprint density at radius 3 is 2.77 bits per heavy atom. The maximum absolute atomic E-state index is 15.2. The number of aromatic carboxylic acids is 1. The van der Waals surface area contributed by atoms with Crippen molar-refractivity contribution < 1.29 is 19.1 Å². The van der Waals surface area contributed by atoms with Crippen molar-refractivity contribution in [2.24, 2.45) is 5.16 Å². The number of pyridine rings is 2. The monoisotopic (exact) mass is 479 g/mol. The lowest BCUT2D eigenvalue weighted by atomic mass is 10.0. The third kappa shape index (κ3) is 4.61. The van der Waals surface area contributed by atoms with Gasteiger partial charge in [-0.05, 0) is 31.5 Å². The molecule has 1 unspecified atom stereocenters. The highest BCUT2D eigenvalue weighted by Gasteiger charge is 2.31. The van der Waals surface area contributed by atoms with Crippen molar-refractivity contribution in [3.8, 4) is 0 Å². The van der Waals surface area contributed by atoms with Crippen LogP contribution in [-0.2, 0) is 11.4 Å². The SMILES string of the molecule is CNC1CN(c2nc3c(cc2F)c(=O)c(C(=O)O)cn3C2CC2)CC/C1=N\OCc1ccccc1. The molecule has 1 saturated carbocycles. The number of aromatic nitrogens is 2. The predicted molar refractivity (Wildman–Crippen MR) is 130 cm³/mol.